The number of aromatic nitrogens is 3. The van der Waals surface area contributed by atoms with Gasteiger partial charge in [0, 0.05) is 30.9 Å². The Morgan fingerprint density at radius 1 is 1.23 bits per heavy atom. The highest BCUT2D eigenvalue weighted by Gasteiger charge is 2.49. The third kappa shape index (κ3) is 2.94. The molecule has 3 aromatic rings. The lowest BCUT2D eigenvalue weighted by Crippen LogP contribution is -2.36. The molecule has 4 heterocycles. The van der Waals surface area contributed by atoms with Crippen molar-refractivity contribution in [2.45, 2.75) is 32.8 Å². The van der Waals surface area contributed by atoms with Crippen molar-refractivity contribution in [1.29, 1.82) is 0 Å². The van der Waals surface area contributed by atoms with Gasteiger partial charge in [0.05, 0.1) is 28.1 Å². The van der Waals surface area contributed by atoms with Gasteiger partial charge in [-0.2, -0.15) is 5.10 Å². The summed E-state index contributed by atoms with van der Waals surface area (Å²) in [5.41, 5.74) is 1.65. The number of halogens is 1. The molecule has 156 valence electrons. The van der Waals surface area contributed by atoms with Gasteiger partial charge in [-0.25, -0.2) is 9.37 Å². The maximum Gasteiger partial charge on any atom is 0.234 e. The van der Waals surface area contributed by atoms with Crippen LogP contribution in [0.4, 0.5) is 10.1 Å². The zero-order chi connectivity index (χ0) is 20.9. The largest absolute Gasteiger partial charge is 0.475 e. The summed E-state index contributed by atoms with van der Waals surface area (Å²) in [6.07, 6.45) is 3.20. The summed E-state index contributed by atoms with van der Waals surface area (Å²) >= 11 is 0. The summed E-state index contributed by atoms with van der Waals surface area (Å²) in [6.45, 7) is 5.88. The molecule has 0 bridgehead atoms. The number of hydrogen-bond donors (Lipinski definition) is 2. The fourth-order valence-corrected chi connectivity index (χ4v) is 4.50. The normalized spacial score (nSPS) is 21.5. The molecule has 2 N–H and O–H groups in total. The molecular formula is C22H24FN5O2. The molecule has 2 aliphatic rings. The molecule has 0 unspecified atom stereocenters. The quantitative estimate of drug-likeness (QED) is 0.691. The molecule has 8 heteroatoms. The molecule has 1 amide bonds. The van der Waals surface area contributed by atoms with Crippen LogP contribution in [0, 0.1) is 11.2 Å². The Balaban J connectivity index is 1.53. The van der Waals surface area contributed by atoms with E-state index in [0.717, 1.165) is 19.4 Å². The number of ether oxygens (including phenoxy) is 1. The Labute approximate surface area is 173 Å². The number of amides is 1. The third-order valence-corrected chi connectivity index (χ3v) is 6.06. The summed E-state index contributed by atoms with van der Waals surface area (Å²) in [5.74, 6) is 0.0793. The van der Waals surface area contributed by atoms with Gasteiger partial charge in [-0.05, 0) is 51.4 Å². The molecule has 0 aliphatic carbocycles. The molecule has 5 rings (SSSR count). The van der Waals surface area contributed by atoms with E-state index in [-0.39, 0.29) is 12.0 Å². The van der Waals surface area contributed by atoms with E-state index in [1.54, 1.807) is 29.3 Å². The summed E-state index contributed by atoms with van der Waals surface area (Å²) in [6, 6.07) is 7.00. The van der Waals surface area contributed by atoms with Crippen LogP contribution in [0.1, 0.15) is 26.7 Å². The number of rotatable bonds is 4. The first kappa shape index (κ1) is 19.0. The van der Waals surface area contributed by atoms with Crippen molar-refractivity contribution in [2.24, 2.45) is 5.41 Å². The van der Waals surface area contributed by atoms with Gasteiger partial charge in [0.15, 0.2) is 5.82 Å². The number of nitrogens with one attached hydrogen (secondary N) is 2. The topological polar surface area (TPSA) is 83.1 Å². The smallest absolute Gasteiger partial charge is 0.234 e. The molecule has 2 aromatic heterocycles. The number of anilines is 1. The third-order valence-electron chi connectivity index (χ3n) is 6.06. The minimum Gasteiger partial charge on any atom is -0.475 e. The number of aromatic amines is 1. The van der Waals surface area contributed by atoms with E-state index in [0.29, 0.717) is 46.8 Å². The summed E-state index contributed by atoms with van der Waals surface area (Å²) in [4.78, 5) is 19.0. The minimum atomic E-state index is -0.435. The first-order chi connectivity index (χ1) is 14.5. The van der Waals surface area contributed by atoms with Crippen LogP contribution >= 0.6 is 0 Å². The van der Waals surface area contributed by atoms with E-state index in [4.69, 9.17) is 4.74 Å². The van der Waals surface area contributed by atoms with Gasteiger partial charge in [-0.15, -0.1) is 0 Å². The standard InChI is InChI=1S/C22H24FN5O2/c1-13(2)30-17-6-3-14(11-25-17)20-18-15(26-27-20)4-5-16(19(18)23)28-10-8-22(21(28)29)7-9-24-12-22/h3-6,11,13,24H,7-10,12H2,1-2H3,(H,26,27)/t22-/m0/s1. The van der Waals surface area contributed by atoms with Gasteiger partial charge in [-0.3, -0.25) is 9.89 Å². The molecule has 30 heavy (non-hydrogen) atoms. The van der Waals surface area contributed by atoms with E-state index < -0.39 is 11.2 Å². The predicted molar refractivity (Wildman–Crippen MR) is 112 cm³/mol. The average molecular weight is 409 g/mol. The molecule has 0 saturated carbocycles. The first-order valence-electron chi connectivity index (χ1n) is 10.3. The second kappa shape index (κ2) is 7.05. The summed E-state index contributed by atoms with van der Waals surface area (Å²) in [7, 11) is 0. The van der Waals surface area contributed by atoms with Crippen LogP contribution in [0.25, 0.3) is 22.2 Å². The Hall–Kier alpha value is -3.00. The number of carbonyl (C=O) groups is 1. The Kier molecular flexibility index (Phi) is 4.47. The monoisotopic (exact) mass is 409 g/mol. The lowest BCUT2D eigenvalue weighted by molar-refractivity contribution is -0.124. The van der Waals surface area contributed by atoms with Crippen molar-refractivity contribution < 1.29 is 13.9 Å². The second-order valence-corrected chi connectivity index (χ2v) is 8.36. The number of hydrogen-bond acceptors (Lipinski definition) is 5. The lowest BCUT2D eigenvalue weighted by atomic mass is 9.86. The van der Waals surface area contributed by atoms with Crippen LogP contribution in [-0.2, 0) is 4.79 Å². The van der Waals surface area contributed by atoms with Crippen molar-refractivity contribution in [3.8, 4) is 17.1 Å². The second-order valence-electron chi connectivity index (χ2n) is 8.36. The fraction of sp³-hybridized carbons (Fsp3) is 0.409. The van der Waals surface area contributed by atoms with Crippen LogP contribution in [0.5, 0.6) is 5.88 Å². The lowest BCUT2D eigenvalue weighted by Gasteiger charge is -2.22. The number of pyridine rings is 1. The van der Waals surface area contributed by atoms with E-state index in [2.05, 4.69) is 20.5 Å². The summed E-state index contributed by atoms with van der Waals surface area (Å²) in [5, 5.41) is 10.8. The molecule has 2 aliphatic heterocycles. The zero-order valence-electron chi connectivity index (χ0n) is 17.0. The van der Waals surface area contributed by atoms with E-state index in [1.807, 2.05) is 19.9 Å². The van der Waals surface area contributed by atoms with Crippen molar-refractivity contribution in [2.75, 3.05) is 24.5 Å². The van der Waals surface area contributed by atoms with Crippen LogP contribution in [-0.4, -0.2) is 46.8 Å². The van der Waals surface area contributed by atoms with Crippen LogP contribution in [0.3, 0.4) is 0 Å². The Bertz CT molecular complexity index is 1100. The fourth-order valence-electron chi connectivity index (χ4n) is 4.50. The number of fused-ring (bicyclic) bond motifs is 1. The van der Waals surface area contributed by atoms with Gasteiger partial charge < -0.3 is 15.0 Å². The van der Waals surface area contributed by atoms with E-state index in [1.165, 1.54) is 0 Å². The van der Waals surface area contributed by atoms with Gasteiger partial charge in [-0.1, -0.05) is 0 Å². The van der Waals surface area contributed by atoms with Gasteiger partial charge >= 0.3 is 0 Å². The van der Waals surface area contributed by atoms with E-state index in [9.17, 15) is 4.79 Å². The number of benzene rings is 1. The SMILES string of the molecule is CC(C)Oc1ccc(-c2n[nH]c3ccc(N4CC[C@]5(CCNC5)C4=O)c(F)c23)cn1. The van der Waals surface area contributed by atoms with Crippen molar-refractivity contribution in [3.05, 3.63) is 36.3 Å². The molecule has 2 fully saturated rings. The van der Waals surface area contributed by atoms with Crippen LogP contribution < -0.4 is 15.0 Å². The van der Waals surface area contributed by atoms with Gasteiger partial charge in [0.2, 0.25) is 11.8 Å². The molecular weight excluding hydrogens is 385 g/mol. The Morgan fingerprint density at radius 3 is 2.80 bits per heavy atom. The number of H-pyrrole nitrogens is 1. The molecule has 1 spiro atoms. The molecule has 0 radical (unpaired) electrons. The number of carbonyl (C=O) groups excluding carboxylic acids is 1. The molecule has 7 nitrogen and oxygen atoms in total. The highest BCUT2D eigenvalue weighted by Crippen LogP contribution is 2.42. The average Bonchev–Trinajstić information content (AvgIpc) is 3.44. The predicted octanol–water partition coefficient (Wildman–Crippen LogP) is 3.27. The molecule has 2 saturated heterocycles. The summed E-state index contributed by atoms with van der Waals surface area (Å²) < 4.78 is 21.3. The number of nitrogens with zero attached hydrogens (tertiary/aromatic N) is 3. The highest BCUT2D eigenvalue weighted by molar-refractivity contribution is 6.03. The van der Waals surface area contributed by atoms with Gasteiger partial charge in [0.1, 0.15) is 5.69 Å². The van der Waals surface area contributed by atoms with E-state index >= 15 is 4.39 Å². The van der Waals surface area contributed by atoms with Crippen LogP contribution in [0.15, 0.2) is 30.5 Å². The maximum absolute atomic E-state index is 15.7. The maximum atomic E-state index is 15.7. The van der Waals surface area contributed by atoms with Crippen molar-refractivity contribution in [3.63, 3.8) is 0 Å². The minimum absolute atomic E-state index is 0.00708. The van der Waals surface area contributed by atoms with Gasteiger partial charge in [0.25, 0.3) is 0 Å². The highest BCUT2D eigenvalue weighted by atomic mass is 19.1. The van der Waals surface area contributed by atoms with Crippen LogP contribution in [0.2, 0.25) is 0 Å². The molecule has 1 aromatic carbocycles. The zero-order valence-corrected chi connectivity index (χ0v) is 17.0. The molecule has 1 atom stereocenters. The Morgan fingerprint density at radius 2 is 2.10 bits per heavy atom. The van der Waals surface area contributed by atoms with Crippen molar-refractivity contribution >= 4 is 22.5 Å². The first-order valence-corrected chi connectivity index (χ1v) is 10.3. The van der Waals surface area contributed by atoms with Crippen molar-refractivity contribution in [1.82, 2.24) is 20.5 Å².